The van der Waals surface area contributed by atoms with Crippen LogP contribution in [-0.2, 0) is 4.79 Å². The fourth-order valence-corrected chi connectivity index (χ4v) is 2.79. The van der Waals surface area contributed by atoms with Gasteiger partial charge in [-0.05, 0) is 43.2 Å². The Morgan fingerprint density at radius 2 is 1.96 bits per heavy atom. The summed E-state index contributed by atoms with van der Waals surface area (Å²) in [5.41, 5.74) is 1.20. The molecule has 0 spiro atoms. The summed E-state index contributed by atoms with van der Waals surface area (Å²) in [5, 5.41) is 2.72. The molecule has 5 nitrogen and oxygen atoms in total. The van der Waals surface area contributed by atoms with Crippen LogP contribution in [0.4, 0.5) is 14.6 Å². The number of fused-ring (bicyclic) bond motifs is 1. The normalized spacial score (nSPS) is 13.7. The predicted octanol–water partition coefficient (Wildman–Crippen LogP) is 3.93. The van der Waals surface area contributed by atoms with Crippen molar-refractivity contribution in [2.24, 2.45) is 5.92 Å². The van der Waals surface area contributed by atoms with E-state index in [-0.39, 0.29) is 17.4 Å². The molecule has 0 unspecified atom stereocenters. The van der Waals surface area contributed by atoms with Crippen molar-refractivity contribution in [2.45, 2.75) is 12.8 Å². The van der Waals surface area contributed by atoms with Gasteiger partial charge in [-0.1, -0.05) is 0 Å². The van der Waals surface area contributed by atoms with Gasteiger partial charge in [0, 0.05) is 17.0 Å². The highest BCUT2D eigenvalue weighted by atomic mass is 19.1. The fourth-order valence-electron chi connectivity index (χ4n) is 2.79. The van der Waals surface area contributed by atoms with Crippen LogP contribution in [0.25, 0.3) is 22.2 Å². The van der Waals surface area contributed by atoms with E-state index < -0.39 is 11.6 Å². The van der Waals surface area contributed by atoms with Crippen molar-refractivity contribution in [2.75, 3.05) is 12.4 Å². The van der Waals surface area contributed by atoms with Crippen molar-refractivity contribution >= 4 is 22.8 Å². The number of aromatic nitrogens is 2. The van der Waals surface area contributed by atoms with E-state index in [0.29, 0.717) is 28.2 Å². The first kappa shape index (κ1) is 16.4. The summed E-state index contributed by atoms with van der Waals surface area (Å²) in [5.74, 6) is -0.454. The van der Waals surface area contributed by atoms with Gasteiger partial charge < -0.3 is 10.1 Å². The summed E-state index contributed by atoms with van der Waals surface area (Å²) in [6.45, 7) is 0. The van der Waals surface area contributed by atoms with E-state index in [0.717, 1.165) is 31.0 Å². The molecule has 0 radical (unpaired) electrons. The molecule has 0 saturated heterocycles. The second-order valence-corrected chi connectivity index (χ2v) is 6.16. The summed E-state index contributed by atoms with van der Waals surface area (Å²) in [4.78, 5) is 20.7. The van der Waals surface area contributed by atoms with E-state index in [2.05, 4.69) is 15.3 Å². The van der Waals surface area contributed by atoms with Crippen molar-refractivity contribution in [3.63, 3.8) is 0 Å². The van der Waals surface area contributed by atoms with Crippen molar-refractivity contribution in [1.82, 2.24) is 9.97 Å². The Kier molecular flexibility index (Phi) is 3.99. The highest BCUT2D eigenvalue weighted by molar-refractivity contribution is 5.98. The molecular formula is C19H15F2N3O2. The van der Waals surface area contributed by atoms with Crippen LogP contribution in [0, 0.1) is 17.6 Å². The first-order chi connectivity index (χ1) is 12.6. The van der Waals surface area contributed by atoms with E-state index in [1.165, 1.54) is 13.3 Å². The quantitative estimate of drug-likeness (QED) is 0.770. The number of nitrogens with one attached hydrogen (secondary N) is 1. The molecule has 7 heteroatoms. The maximum atomic E-state index is 14.2. The van der Waals surface area contributed by atoms with Crippen LogP contribution in [0.5, 0.6) is 5.75 Å². The highest BCUT2D eigenvalue weighted by Crippen LogP contribution is 2.35. The van der Waals surface area contributed by atoms with Crippen LogP contribution in [0.1, 0.15) is 12.8 Å². The van der Waals surface area contributed by atoms with Crippen molar-refractivity contribution in [3.8, 4) is 16.9 Å². The number of anilines is 1. The zero-order valence-corrected chi connectivity index (χ0v) is 13.9. The third-order valence-corrected chi connectivity index (χ3v) is 4.30. The summed E-state index contributed by atoms with van der Waals surface area (Å²) in [6, 6.07) is 6.46. The Morgan fingerprint density at radius 1 is 1.15 bits per heavy atom. The molecular weight excluding hydrogens is 340 g/mol. The predicted molar refractivity (Wildman–Crippen MR) is 92.8 cm³/mol. The molecule has 132 valence electrons. The van der Waals surface area contributed by atoms with E-state index in [9.17, 15) is 13.6 Å². The number of rotatable bonds is 4. The standard InChI is InChI=1S/C19H15F2N3O2/c1-26-15-7-5-12(13-8-11(20)4-6-14(13)21)17-18(15)23-16(9-22-17)24-19(25)10-2-3-10/h4-10H,2-3H2,1H3,(H,23,24,25). The average molecular weight is 355 g/mol. The van der Waals surface area contributed by atoms with Crippen LogP contribution in [0.15, 0.2) is 36.5 Å². The lowest BCUT2D eigenvalue weighted by Crippen LogP contribution is -2.14. The Hall–Kier alpha value is -3.09. The third kappa shape index (κ3) is 2.96. The Labute approximate surface area is 148 Å². The molecule has 1 aliphatic carbocycles. The molecule has 2 aromatic carbocycles. The first-order valence-electron chi connectivity index (χ1n) is 8.17. The van der Waals surface area contributed by atoms with Crippen molar-refractivity contribution in [1.29, 1.82) is 0 Å². The largest absolute Gasteiger partial charge is 0.494 e. The summed E-state index contributed by atoms with van der Waals surface area (Å²) >= 11 is 0. The van der Waals surface area contributed by atoms with Crippen LogP contribution < -0.4 is 10.1 Å². The maximum Gasteiger partial charge on any atom is 0.228 e. The Morgan fingerprint density at radius 3 is 2.69 bits per heavy atom. The summed E-state index contributed by atoms with van der Waals surface area (Å²) in [7, 11) is 1.48. The van der Waals surface area contributed by atoms with E-state index in [1.54, 1.807) is 12.1 Å². The Balaban J connectivity index is 1.84. The molecule has 1 N–H and O–H groups in total. The van der Waals surface area contributed by atoms with Gasteiger partial charge >= 0.3 is 0 Å². The first-order valence-corrected chi connectivity index (χ1v) is 8.17. The fraction of sp³-hybridized carbons (Fsp3) is 0.211. The monoisotopic (exact) mass is 355 g/mol. The van der Waals surface area contributed by atoms with Gasteiger partial charge in [0.05, 0.1) is 13.3 Å². The van der Waals surface area contributed by atoms with Crippen LogP contribution in [0.2, 0.25) is 0 Å². The SMILES string of the molecule is COc1ccc(-c2cc(F)ccc2F)c2ncc(NC(=O)C3CC3)nc12. The van der Waals surface area contributed by atoms with Gasteiger partial charge in [-0.15, -0.1) is 0 Å². The van der Waals surface area contributed by atoms with E-state index in [4.69, 9.17) is 4.74 Å². The maximum absolute atomic E-state index is 14.2. The van der Waals surface area contributed by atoms with Gasteiger partial charge in [-0.2, -0.15) is 0 Å². The highest BCUT2D eigenvalue weighted by Gasteiger charge is 2.30. The van der Waals surface area contributed by atoms with Crippen LogP contribution in [-0.4, -0.2) is 23.0 Å². The molecule has 1 saturated carbocycles. The van der Waals surface area contributed by atoms with Gasteiger partial charge in [-0.25, -0.2) is 18.7 Å². The third-order valence-electron chi connectivity index (χ3n) is 4.30. The van der Waals surface area contributed by atoms with Crippen LogP contribution >= 0.6 is 0 Å². The number of hydrogen-bond donors (Lipinski definition) is 1. The molecule has 0 atom stereocenters. The zero-order chi connectivity index (χ0) is 18.3. The number of carbonyl (C=O) groups is 1. The smallest absolute Gasteiger partial charge is 0.228 e. The number of hydrogen-bond acceptors (Lipinski definition) is 4. The lowest BCUT2D eigenvalue weighted by molar-refractivity contribution is -0.117. The lowest BCUT2D eigenvalue weighted by atomic mass is 10.0. The second-order valence-electron chi connectivity index (χ2n) is 6.16. The minimum Gasteiger partial charge on any atom is -0.494 e. The molecule has 1 fully saturated rings. The number of nitrogens with zero attached hydrogens (tertiary/aromatic N) is 2. The molecule has 1 heterocycles. The molecule has 26 heavy (non-hydrogen) atoms. The van der Waals surface area contributed by atoms with E-state index >= 15 is 0 Å². The number of carbonyl (C=O) groups excluding carboxylic acids is 1. The molecule has 4 rings (SSSR count). The number of benzene rings is 2. The van der Waals surface area contributed by atoms with Crippen molar-refractivity contribution < 1.29 is 18.3 Å². The van der Waals surface area contributed by atoms with Crippen LogP contribution in [0.3, 0.4) is 0 Å². The van der Waals surface area contributed by atoms with Gasteiger partial charge in [-0.3, -0.25) is 4.79 Å². The van der Waals surface area contributed by atoms with Crippen molar-refractivity contribution in [3.05, 3.63) is 48.2 Å². The van der Waals surface area contributed by atoms with Gasteiger partial charge in [0.15, 0.2) is 5.82 Å². The second kappa shape index (κ2) is 6.33. The van der Waals surface area contributed by atoms with Gasteiger partial charge in [0.1, 0.15) is 28.4 Å². The van der Waals surface area contributed by atoms with Gasteiger partial charge in [0.25, 0.3) is 0 Å². The van der Waals surface area contributed by atoms with E-state index in [1.807, 2.05) is 0 Å². The topological polar surface area (TPSA) is 64.1 Å². The zero-order valence-electron chi connectivity index (χ0n) is 13.9. The molecule has 0 aliphatic heterocycles. The number of halogens is 2. The summed E-state index contributed by atoms with van der Waals surface area (Å²) in [6.07, 6.45) is 3.15. The van der Waals surface area contributed by atoms with Gasteiger partial charge in [0.2, 0.25) is 5.91 Å². The summed E-state index contributed by atoms with van der Waals surface area (Å²) < 4.78 is 33.1. The number of amides is 1. The molecule has 1 amide bonds. The molecule has 1 aliphatic rings. The Bertz CT molecular complexity index is 1020. The lowest BCUT2D eigenvalue weighted by Gasteiger charge is -2.12. The molecule has 3 aromatic rings. The molecule has 0 bridgehead atoms. The number of methoxy groups -OCH3 is 1. The average Bonchev–Trinajstić information content (AvgIpc) is 3.48. The minimum absolute atomic E-state index is 0.0297. The minimum atomic E-state index is -0.564. The number of ether oxygens (including phenoxy) is 1. The molecule has 1 aromatic heterocycles.